The molecule has 1 N–H and O–H groups in total. The molecule has 4 fully saturated rings. The molecule has 1 aromatic heterocycles. The Morgan fingerprint density at radius 1 is 1.10 bits per heavy atom. The normalized spacial score (nSPS) is 32.3. The Hall–Kier alpha value is -2.70. The number of aromatic nitrogens is 1. The van der Waals surface area contributed by atoms with Gasteiger partial charge in [0.15, 0.2) is 11.5 Å². The van der Waals surface area contributed by atoms with Crippen LogP contribution in [0.4, 0.5) is 0 Å². The van der Waals surface area contributed by atoms with Gasteiger partial charge in [-0.3, -0.25) is 4.79 Å². The topological polar surface area (TPSA) is 61.6 Å². The SMILES string of the molecule is Cc1nc2ccc(C(=O)N[C@@H]3C4CN5CCN(C4)CC3(c3ccccc3)C5)cc2o1. The third kappa shape index (κ3) is 2.78. The molecule has 0 saturated carbocycles. The molecular formula is C24H26N4O2. The van der Waals surface area contributed by atoms with Crippen molar-refractivity contribution in [1.29, 1.82) is 0 Å². The van der Waals surface area contributed by atoms with Gasteiger partial charge in [0, 0.05) is 69.1 Å². The Balaban J connectivity index is 1.37. The summed E-state index contributed by atoms with van der Waals surface area (Å²) in [6.45, 7) is 8.16. The number of benzene rings is 2. The highest BCUT2D eigenvalue weighted by Gasteiger charge is 2.55. The number of aryl methyl sites for hydroxylation is 1. The Morgan fingerprint density at radius 3 is 2.57 bits per heavy atom. The largest absolute Gasteiger partial charge is 0.441 e. The highest BCUT2D eigenvalue weighted by Crippen LogP contribution is 2.43. The number of nitrogens with one attached hydrogen (secondary N) is 1. The van der Waals surface area contributed by atoms with Crippen molar-refractivity contribution in [2.24, 2.45) is 5.92 Å². The summed E-state index contributed by atoms with van der Waals surface area (Å²) < 4.78 is 5.64. The molecular weight excluding hydrogens is 376 g/mol. The molecule has 0 radical (unpaired) electrons. The van der Waals surface area contributed by atoms with Crippen molar-refractivity contribution in [2.75, 3.05) is 39.3 Å². The molecule has 7 rings (SSSR count). The van der Waals surface area contributed by atoms with E-state index in [9.17, 15) is 4.79 Å². The summed E-state index contributed by atoms with van der Waals surface area (Å²) in [6, 6.07) is 16.4. The van der Waals surface area contributed by atoms with E-state index in [0.717, 1.165) is 44.8 Å². The molecule has 3 atom stereocenters. The molecule has 2 unspecified atom stereocenters. The molecule has 30 heavy (non-hydrogen) atoms. The predicted octanol–water partition coefficient (Wildman–Crippen LogP) is 2.43. The van der Waals surface area contributed by atoms with Gasteiger partial charge >= 0.3 is 0 Å². The quantitative estimate of drug-likeness (QED) is 0.729. The summed E-state index contributed by atoms with van der Waals surface area (Å²) in [5, 5.41) is 3.46. The van der Waals surface area contributed by atoms with Crippen LogP contribution in [0.3, 0.4) is 0 Å². The maximum Gasteiger partial charge on any atom is 0.251 e. The van der Waals surface area contributed by atoms with E-state index in [2.05, 4.69) is 50.4 Å². The third-order valence-electron chi connectivity index (χ3n) is 7.19. The first kappa shape index (κ1) is 18.1. The van der Waals surface area contributed by atoms with Gasteiger partial charge in [0.25, 0.3) is 5.91 Å². The molecule has 0 aliphatic carbocycles. The number of nitrogens with zero attached hydrogens (tertiary/aromatic N) is 3. The van der Waals surface area contributed by atoms with Crippen LogP contribution in [0.5, 0.6) is 0 Å². The highest BCUT2D eigenvalue weighted by molar-refractivity contribution is 5.97. The van der Waals surface area contributed by atoms with Crippen molar-refractivity contribution in [3.05, 3.63) is 65.5 Å². The molecule has 1 amide bonds. The Kier molecular flexibility index (Phi) is 4.01. The summed E-state index contributed by atoms with van der Waals surface area (Å²) >= 11 is 0. The molecule has 6 nitrogen and oxygen atoms in total. The number of amides is 1. The first-order valence-corrected chi connectivity index (χ1v) is 10.8. The first-order chi connectivity index (χ1) is 14.6. The van der Waals surface area contributed by atoms with Gasteiger partial charge < -0.3 is 19.5 Å². The van der Waals surface area contributed by atoms with Crippen molar-refractivity contribution < 1.29 is 9.21 Å². The van der Waals surface area contributed by atoms with Crippen molar-refractivity contribution >= 4 is 17.0 Å². The Bertz CT molecular complexity index is 1090. The maximum absolute atomic E-state index is 13.3. The van der Waals surface area contributed by atoms with E-state index < -0.39 is 0 Å². The van der Waals surface area contributed by atoms with Crippen LogP contribution in [0.2, 0.25) is 0 Å². The highest BCUT2D eigenvalue weighted by atomic mass is 16.3. The number of hydrogen-bond acceptors (Lipinski definition) is 5. The Morgan fingerprint density at radius 2 is 1.83 bits per heavy atom. The van der Waals surface area contributed by atoms with Crippen molar-refractivity contribution in [3.8, 4) is 0 Å². The molecule has 4 aliphatic heterocycles. The molecule has 154 valence electrons. The number of carbonyl (C=O) groups excluding carboxylic acids is 1. The lowest BCUT2D eigenvalue weighted by Gasteiger charge is -2.55. The molecule has 4 saturated heterocycles. The van der Waals surface area contributed by atoms with Crippen molar-refractivity contribution in [3.63, 3.8) is 0 Å². The molecule has 3 aromatic rings. The lowest BCUT2D eigenvalue weighted by molar-refractivity contribution is 0.0180. The van der Waals surface area contributed by atoms with Gasteiger partial charge in [-0.1, -0.05) is 30.3 Å². The third-order valence-corrected chi connectivity index (χ3v) is 7.19. The van der Waals surface area contributed by atoms with Gasteiger partial charge in [-0.05, 0) is 23.8 Å². The number of oxazole rings is 1. The van der Waals surface area contributed by atoms with E-state index >= 15 is 0 Å². The van der Waals surface area contributed by atoms with Crippen LogP contribution >= 0.6 is 0 Å². The standard InChI is InChI=1S/C24H26N4O2/c1-16-25-20-8-7-17(11-21(20)30-16)23(29)26-22-18-12-27-9-10-28(13-18)15-24(22,14-27)19-5-3-2-4-6-19/h2-8,11,18,22H,9-10,12-15H2,1H3,(H,26,29)/t18?,22-,24?/m1/s1. The molecule has 5 heterocycles. The van der Waals surface area contributed by atoms with Gasteiger partial charge in [0.1, 0.15) is 5.52 Å². The molecule has 0 spiro atoms. The van der Waals surface area contributed by atoms with E-state index in [0.29, 0.717) is 23.0 Å². The zero-order valence-corrected chi connectivity index (χ0v) is 17.2. The van der Waals surface area contributed by atoms with Crippen LogP contribution in [0.25, 0.3) is 11.1 Å². The fraction of sp³-hybridized carbons (Fsp3) is 0.417. The summed E-state index contributed by atoms with van der Waals surface area (Å²) in [7, 11) is 0. The zero-order chi connectivity index (χ0) is 20.3. The minimum Gasteiger partial charge on any atom is -0.441 e. The maximum atomic E-state index is 13.3. The van der Waals surface area contributed by atoms with Crippen LogP contribution in [0.1, 0.15) is 21.8 Å². The smallest absolute Gasteiger partial charge is 0.251 e. The second-order valence-corrected chi connectivity index (χ2v) is 9.12. The van der Waals surface area contributed by atoms with Gasteiger partial charge in [-0.25, -0.2) is 4.98 Å². The summed E-state index contributed by atoms with van der Waals surface area (Å²) in [4.78, 5) is 22.9. The first-order valence-electron chi connectivity index (χ1n) is 10.8. The molecule has 2 aromatic carbocycles. The van der Waals surface area contributed by atoms with Crippen LogP contribution < -0.4 is 5.32 Å². The van der Waals surface area contributed by atoms with Gasteiger partial charge in [0.2, 0.25) is 0 Å². The van der Waals surface area contributed by atoms with Gasteiger partial charge in [0.05, 0.1) is 0 Å². The lowest BCUT2D eigenvalue weighted by atomic mass is 9.64. The second kappa shape index (κ2) is 6.65. The van der Waals surface area contributed by atoms with Gasteiger partial charge in [-0.2, -0.15) is 0 Å². The number of piperidine rings is 2. The minimum absolute atomic E-state index is 0.0255. The number of hydrogen-bond donors (Lipinski definition) is 1. The monoisotopic (exact) mass is 402 g/mol. The second-order valence-electron chi connectivity index (χ2n) is 9.12. The summed E-state index contributed by atoms with van der Waals surface area (Å²) in [5.74, 6) is 1.02. The van der Waals surface area contributed by atoms with Crippen LogP contribution in [0.15, 0.2) is 52.9 Å². The fourth-order valence-corrected chi connectivity index (χ4v) is 5.97. The van der Waals surface area contributed by atoms with Crippen molar-refractivity contribution in [1.82, 2.24) is 20.1 Å². The van der Waals surface area contributed by atoms with Crippen LogP contribution in [-0.2, 0) is 5.41 Å². The Labute approximate surface area is 175 Å². The van der Waals surface area contributed by atoms with Crippen LogP contribution in [-0.4, -0.2) is 66.0 Å². The van der Waals surface area contributed by atoms with Crippen molar-refractivity contribution in [2.45, 2.75) is 18.4 Å². The number of rotatable bonds is 3. The van der Waals surface area contributed by atoms with E-state index in [1.165, 1.54) is 5.56 Å². The molecule has 4 aliphatic rings. The van der Waals surface area contributed by atoms with Gasteiger partial charge in [-0.15, -0.1) is 0 Å². The van der Waals surface area contributed by atoms with E-state index in [1.807, 2.05) is 25.1 Å². The number of carbonyl (C=O) groups is 1. The predicted molar refractivity (Wildman–Crippen MR) is 114 cm³/mol. The van der Waals surface area contributed by atoms with E-state index in [-0.39, 0.29) is 17.4 Å². The molecule has 4 bridgehead atoms. The minimum atomic E-state index is -0.0818. The van der Waals surface area contributed by atoms with Crippen LogP contribution in [0, 0.1) is 12.8 Å². The lowest BCUT2D eigenvalue weighted by Crippen LogP contribution is -2.70. The zero-order valence-electron chi connectivity index (χ0n) is 17.2. The number of fused-ring (bicyclic) bond motifs is 2. The molecule has 6 heteroatoms. The average molecular weight is 402 g/mol. The summed E-state index contributed by atoms with van der Waals surface area (Å²) in [5.41, 5.74) is 3.34. The average Bonchev–Trinajstić information content (AvgIpc) is 2.94. The van der Waals surface area contributed by atoms with E-state index in [1.54, 1.807) is 0 Å². The van der Waals surface area contributed by atoms with E-state index in [4.69, 9.17) is 4.42 Å². The summed E-state index contributed by atoms with van der Waals surface area (Å²) in [6.07, 6.45) is 0. The fourth-order valence-electron chi connectivity index (χ4n) is 5.97.